The lowest BCUT2D eigenvalue weighted by Gasteiger charge is -2.01. The lowest BCUT2D eigenvalue weighted by atomic mass is 10.0. The van der Waals surface area contributed by atoms with Crippen LogP contribution in [-0.2, 0) is 0 Å². The van der Waals surface area contributed by atoms with Gasteiger partial charge < -0.3 is 0 Å². The van der Waals surface area contributed by atoms with Crippen molar-refractivity contribution < 1.29 is 9.72 Å². The molecule has 0 atom stereocenters. The first-order valence-corrected chi connectivity index (χ1v) is 6.49. The van der Waals surface area contributed by atoms with Gasteiger partial charge in [0.05, 0.1) is 4.92 Å². The van der Waals surface area contributed by atoms with Gasteiger partial charge in [-0.25, -0.2) is 0 Å². The molecule has 2 aromatic rings. The molecule has 2 aromatic carbocycles. The molecule has 0 radical (unpaired) electrons. The summed E-state index contributed by atoms with van der Waals surface area (Å²) < 4.78 is 0. The number of ketones is 1. The third-order valence-electron chi connectivity index (χ3n) is 3.14. The third-order valence-corrected chi connectivity index (χ3v) is 3.14. The quantitative estimate of drug-likeness (QED) is 0.283. The Labute approximate surface area is 127 Å². The van der Waals surface area contributed by atoms with Crippen molar-refractivity contribution in [1.29, 1.82) is 5.26 Å². The van der Waals surface area contributed by atoms with Gasteiger partial charge in [0.1, 0.15) is 11.6 Å². The molecule has 0 unspecified atom stereocenters. The Morgan fingerprint density at radius 3 is 2.50 bits per heavy atom. The van der Waals surface area contributed by atoms with E-state index in [0.29, 0.717) is 16.7 Å². The minimum Gasteiger partial charge on any atom is -0.288 e. The average molecular weight is 292 g/mol. The summed E-state index contributed by atoms with van der Waals surface area (Å²) >= 11 is 0. The number of aryl methyl sites for hydroxylation is 1. The third kappa shape index (κ3) is 3.25. The molecule has 0 amide bonds. The van der Waals surface area contributed by atoms with Crippen molar-refractivity contribution in [2.24, 2.45) is 0 Å². The Morgan fingerprint density at radius 1 is 1.23 bits per heavy atom. The predicted octanol–water partition coefficient (Wildman–Crippen LogP) is 3.69. The number of rotatable bonds is 4. The van der Waals surface area contributed by atoms with Crippen LogP contribution in [0.4, 0.5) is 5.69 Å². The Hall–Kier alpha value is -3.26. The highest BCUT2D eigenvalue weighted by molar-refractivity contribution is 6.14. The van der Waals surface area contributed by atoms with E-state index in [1.165, 1.54) is 12.1 Å². The number of allylic oxidation sites excluding steroid dienone is 1. The first kappa shape index (κ1) is 15.1. The zero-order chi connectivity index (χ0) is 16.1. The highest BCUT2D eigenvalue weighted by Gasteiger charge is 2.14. The zero-order valence-electron chi connectivity index (χ0n) is 11.8. The van der Waals surface area contributed by atoms with Crippen LogP contribution in [0.25, 0.3) is 6.08 Å². The molecule has 22 heavy (non-hydrogen) atoms. The number of hydrogen-bond acceptors (Lipinski definition) is 4. The molecule has 2 rings (SSSR count). The van der Waals surface area contributed by atoms with Gasteiger partial charge in [-0.1, -0.05) is 42.5 Å². The number of carbonyl (C=O) groups excluding carboxylic acids is 1. The van der Waals surface area contributed by atoms with E-state index < -0.39 is 10.7 Å². The topological polar surface area (TPSA) is 84.0 Å². The number of hydrogen-bond donors (Lipinski definition) is 0. The van der Waals surface area contributed by atoms with Crippen LogP contribution in [0.2, 0.25) is 0 Å². The summed E-state index contributed by atoms with van der Waals surface area (Å²) in [6, 6.07) is 14.9. The Balaban J connectivity index is 2.42. The summed E-state index contributed by atoms with van der Waals surface area (Å²) in [7, 11) is 0. The number of benzene rings is 2. The molecule has 0 heterocycles. The van der Waals surface area contributed by atoms with E-state index in [9.17, 15) is 20.2 Å². The summed E-state index contributed by atoms with van der Waals surface area (Å²) in [4.78, 5) is 22.7. The van der Waals surface area contributed by atoms with Gasteiger partial charge in [-0.05, 0) is 18.6 Å². The number of nitriles is 1. The van der Waals surface area contributed by atoms with Crippen LogP contribution in [0.15, 0.2) is 54.1 Å². The number of nitro benzene ring substituents is 1. The maximum absolute atomic E-state index is 12.2. The van der Waals surface area contributed by atoms with Crippen LogP contribution in [0.1, 0.15) is 21.5 Å². The average Bonchev–Trinajstić information content (AvgIpc) is 2.54. The van der Waals surface area contributed by atoms with Crippen LogP contribution in [0.3, 0.4) is 0 Å². The fraction of sp³-hybridized carbons (Fsp3) is 0.0588. The van der Waals surface area contributed by atoms with Crippen molar-refractivity contribution in [3.8, 4) is 6.07 Å². The lowest BCUT2D eigenvalue weighted by Crippen LogP contribution is -2.01. The van der Waals surface area contributed by atoms with Gasteiger partial charge in [0.25, 0.3) is 5.69 Å². The highest BCUT2D eigenvalue weighted by Crippen LogP contribution is 2.21. The van der Waals surface area contributed by atoms with E-state index in [1.807, 2.05) is 6.07 Å². The van der Waals surface area contributed by atoms with Crippen LogP contribution in [0.5, 0.6) is 0 Å². The Morgan fingerprint density at radius 2 is 1.91 bits per heavy atom. The number of carbonyl (C=O) groups is 1. The van der Waals surface area contributed by atoms with Crippen molar-refractivity contribution in [3.05, 3.63) is 80.9 Å². The van der Waals surface area contributed by atoms with Crippen LogP contribution < -0.4 is 0 Å². The molecule has 0 fully saturated rings. The van der Waals surface area contributed by atoms with Crippen molar-refractivity contribution >= 4 is 17.5 Å². The van der Waals surface area contributed by atoms with Crippen LogP contribution >= 0.6 is 0 Å². The second-order valence-corrected chi connectivity index (χ2v) is 4.67. The van der Waals surface area contributed by atoms with Crippen molar-refractivity contribution in [3.63, 3.8) is 0 Å². The molecule has 0 aliphatic carbocycles. The molecule has 0 spiro atoms. The SMILES string of the molecule is Cc1ccc(/C=C(/C#N)C(=O)c2ccccc2)cc1[N+](=O)[O-]. The van der Waals surface area contributed by atoms with E-state index in [-0.39, 0.29) is 11.3 Å². The maximum atomic E-state index is 12.2. The molecule has 0 saturated heterocycles. The molecule has 0 aliphatic heterocycles. The summed E-state index contributed by atoms with van der Waals surface area (Å²) in [6.45, 7) is 1.63. The number of Topliss-reactive ketones (excluding diaryl/α,β-unsaturated/α-hetero) is 1. The monoisotopic (exact) mass is 292 g/mol. The summed E-state index contributed by atoms with van der Waals surface area (Å²) in [5, 5.41) is 20.1. The van der Waals surface area contributed by atoms with Gasteiger partial charge in [-0.3, -0.25) is 14.9 Å². The second-order valence-electron chi connectivity index (χ2n) is 4.67. The van der Waals surface area contributed by atoms with Crippen molar-refractivity contribution in [2.75, 3.05) is 0 Å². The smallest absolute Gasteiger partial charge is 0.272 e. The standard InChI is InChI=1S/C17H12N2O3/c1-12-7-8-13(10-16(12)19(21)22)9-15(11-18)17(20)14-5-3-2-4-6-14/h2-10H,1H3/b15-9-. The summed E-state index contributed by atoms with van der Waals surface area (Å²) in [6.07, 6.45) is 1.36. The first-order chi connectivity index (χ1) is 10.5. The van der Waals surface area contributed by atoms with E-state index in [0.717, 1.165) is 0 Å². The van der Waals surface area contributed by atoms with Crippen LogP contribution in [-0.4, -0.2) is 10.7 Å². The molecule has 5 nitrogen and oxygen atoms in total. The molecule has 0 saturated carbocycles. The zero-order valence-corrected chi connectivity index (χ0v) is 11.8. The van der Waals surface area contributed by atoms with Crippen molar-refractivity contribution in [2.45, 2.75) is 6.92 Å². The fourth-order valence-corrected chi connectivity index (χ4v) is 1.97. The van der Waals surface area contributed by atoms with Crippen LogP contribution in [0, 0.1) is 28.4 Å². The van der Waals surface area contributed by atoms with Gasteiger partial charge in [0.15, 0.2) is 0 Å². The first-order valence-electron chi connectivity index (χ1n) is 6.49. The fourth-order valence-electron chi connectivity index (χ4n) is 1.97. The molecule has 0 aliphatic rings. The molecule has 0 aromatic heterocycles. The Kier molecular flexibility index (Phi) is 4.44. The Bertz CT molecular complexity index is 802. The normalized spacial score (nSPS) is 10.8. The minimum atomic E-state index is -0.488. The molecule has 108 valence electrons. The van der Waals surface area contributed by atoms with Crippen molar-refractivity contribution in [1.82, 2.24) is 0 Å². The predicted molar refractivity (Wildman–Crippen MR) is 82.2 cm³/mol. The molecular formula is C17H12N2O3. The molecular weight excluding hydrogens is 280 g/mol. The van der Waals surface area contributed by atoms with E-state index in [2.05, 4.69) is 0 Å². The van der Waals surface area contributed by atoms with E-state index in [4.69, 9.17) is 0 Å². The van der Waals surface area contributed by atoms with Gasteiger partial charge in [-0.2, -0.15) is 5.26 Å². The van der Waals surface area contributed by atoms with E-state index in [1.54, 1.807) is 49.4 Å². The molecule has 5 heteroatoms. The van der Waals surface area contributed by atoms with E-state index >= 15 is 0 Å². The second kappa shape index (κ2) is 6.46. The summed E-state index contributed by atoms with van der Waals surface area (Å²) in [5.41, 5.74) is 1.26. The highest BCUT2D eigenvalue weighted by atomic mass is 16.6. The molecule has 0 bridgehead atoms. The maximum Gasteiger partial charge on any atom is 0.272 e. The number of nitrogens with zero attached hydrogens (tertiary/aromatic N) is 2. The minimum absolute atomic E-state index is 0.0433. The largest absolute Gasteiger partial charge is 0.288 e. The molecule has 0 N–H and O–H groups in total. The van der Waals surface area contributed by atoms with Gasteiger partial charge in [0, 0.05) is 17.2 Å². The number of nitro groups is 1. The van der Waals surface area contributed by atoms with Gasteiger partial charge in [-0.15, -0.1) is 0 Å². The van der Waals surface area contributed by atoms with Gasteiger partial charge >= 0.3 is 0 Å². The summed E-state index contributed by atoms with van der Waals surface area (Å²) in [5.74, 6) is -0.411. The lowest BCUT2D eigenvalue weighted by molar-refractivity contribution is -0.385. The van der Waals surface area contributed by atoms with Gasteiger partial charge in [0.2, 0.25) is 5.78 Å².